The van der Waals surface area contributed by atoms with E-state index in [1.54, 1.807) is 12.1 Å². The Bertz CT molecular complexity index is 1130. The molecule has 158 valence electrons. The highest BCUT2D eigenvalue weighted by molar-refractivity contribution is 5.57. The van der Waals surface area contributed by atoms with E-state index < -0.39 is 35.7 Å². The first kappa shape index (κ1) is 20.3. The molecule has 1 fully saturated rings. The minimum atomic E-state index is -1.76. The summed E-state index contributed by atoms with van der Waals surface area (Å²) in [4.78, 5) is 25.2. The number of hydrogen-bond donors (Lipinski definition) is 3. The van der Waals surface area contributed by atoms with E-state index in [9.17, 15) is 24.9 Å². The zero-order valence-corrected chi connectivity index (χ0v) is 16.0. The van der Waals surface area contributed by atoms with Crippen molar-refractivity contribution >= 4 is 0 Å². The molecule has 0 saturated carbocycles. The summed E-state index contributed by atoms with van der Waals surface area (Å²) in [5, 5.41) is 30.1. The second-order valence-corrected chi connectivity index (χ2v) is 7.36. The van der Waals surface area contributed by atoms with Gasteiger partial charge in [-0.05, 0) is 12.1 Å². The first-order valence-electron chi connectivity index (χ1n) is 9.48. The van der Waals surface area contributed by atoms with E-state index in [1.165, 1.54) is 12.3 Å². The van der Waals surface area contributed by atoms with Crippen molar-refractivity contribution in [1.29, 1.82) is 0 Å². The van der Waals surface area contributed by atoms with Crippen molar-refractivity contribution in [2.75, 3.05) is 13.2 Å². The lowest BCUT2D eigenvalue weighted by Crippen LogP contribution is -2.51. The Morgan fingerprint density at radius 1 is 1.10 bits per heavy atom. The van der Waals surface area contributed by atoms with Crippen molar-refractivity contribution in [2.24, 2.45) is 0 Å². The summed E-state index contributed by atoms with van der Waals surface area (Å²) in [5.41, 5.74) is -2.06. The Labute approximate surface area is 171 Å². The molecule has 30 heavy (non-hydrogen) atoms. The molecule has 9 heteroatoms. The molecule has 0 aliphatic carbocycles. The van der Waals surface area contributed by atoms with Gasteiger partial charge in [0, 0.05) is 17.8 Å². The Hall–Kier alpha value is -2.98. The van der Waals surface area contributed by atoms with Crippen LogP contribution >= 0.6 is 0 Å². The monoisotopic (exact) mass is 414 g/mol. The van der Waals surface area contributed by atoms with Gasteiger partial charge >= 0.3 is 5.69 Å². The molecule has 1 saturated heterocycles. The van der Waals surface area contributed by atoms with Crippen molar-refractivity contribution < 1.29 is 24.5 Å². The fourth-order valence-corrected chi connectivity index (χ4v) is 3.56. The minimum Gasteiger partial charge on any atom is -0.459 e. The number of hydrogen-bond acceptors (Lipinski definition) is 7. The number of rotatable bonds is 6. The molecular formula is C21H22N2O7. The van der Waals surface area contributed by atoms with Gasteiger partial charge in [0.05, 0.1) is 26.3 Å². The lowest BCUT2D eigenvalue weighted by molar-refractivity contribution is -0.0658. The zero-order chi connectivity index (χ0) is 21.3. The molecule has 1 aliphatic rings. The molecule has 2 aromatic heterocycles. The van der Waals surface area contributed by atoms with Gasteiger partial charge in [-0.25, -0.2) is 4.79 Å². The maximum absolute atomic E-state index is 12.9. The van der Waals surface area contributed by atoms with E-state index in [1.807, 2.05) is 30.3 Å². The van der Waals surface area contributed by atoms with Crippen molar-refractivity contribution in [3.05, 3.63) is 81.3 Å². The van der Waals surface area contributed by atoms with Gasteiger partial charge in [-0.15, -0.1) is 0 Å². The van der Waals surface area contributed by atoms with Crippen LogP contribution in [-0.2, 0) is 17.8 Å². The molecular weight excluding hydrogens is 392 g/mol. The number of ether oxygens (including phenoxy) is 1. The molecule has 0 radical (unpaired) electrons. The predicted octanol–water partition coefficient (Wildman–Crippen LogP) is -0.199. The minimum absolute atomic E-state index is 0.0813. The van der Waals surface area contributed by atoms with Crippen LogP contribution in [0.15, 0.2) is 68.7 Å². The average Bonchev–Trinajstić information content (AvgIpc) is 3.33. The van der Waals surface area contributed by atoms with Crippen LogP contribution < -0.4 is 11.2 Å². The van der Waals surface area contributed by atoms with Gasteiger partial charge < -0.3 is 24.5 Å². The second kappa shape index (κ2) is 8.04. The van der Waals surface area contributed by atoms with Crippen molar-refractivity contribution in [3.63, 3.8) is 0 Å². The van der Waals surface area contributed by atoms with E-state index in [-0.39, 0.29) is 19.7 Å². The molecule has 0 spiro atoms. The highest BCUT2D eigenvalue weighted by Gasteiger charge is 2.48. The number of benzene rings is 1. The third-order valence-corrected chi connectivity index (χ3v) is 5.25. The lowest BCUT2D eigenvalue weighted by Gasteiger charge is -2.26. The van der Waals surface area contributed by atoms with Crippen LogP contribution in [0.1, 0.15) is 5.76 Å². The lowest BCUT2D eigenvalue weighted by atomic mass is 9.96. The summed E-state index contributed by atoms with van der Waals surface area (Å²) in [7, 11) is 0. The Morgan fingerprint density at radius 2 is 1.87 bits per heavy atom. The number of aliphatic hydroxyl groups excluding tert-OH is 2. The largest absolute Gasteiger partial charge is 0.459 e. The number of aliphatic hydroxyl groups is 3. The van der Waals surface area contributed by atoms with E-state index in [2.05, 4.69) is 0 Å². The van der Waals surface area contributed by atoms with Gasteiger partial charge in [0.15, 0.2) is 0 Å². The van der Waals surface area contributed by atoms with Gasteiger partial charge in [-0.2, -0.15) is 0 Å². The van der Waals surface area contributed by atoms with Crippen molar-refractivity contribution in [2.45, 2.75) is 30.9 Å². The molecule has 3 N–H and O–H groups in total. The predicted molar refractivity (Wildman–Crippen MR) is 106 cm³/mol. The SMILES string of the molecule is O=c1ccn(CC2(O)CO[C@H](CO)C2O)c(=O)n1Cc1ccc(-c2ccccc2)o1. The van der Waals surface area contributed by atoms with Gasteiger partial charge in [0.2, 0.25) is 0 Å². The first-order valence-corrected chi connectivity index (χ1v) is 9.48. The van der Waals surface area contributed by atoms with Crippen LogP contribution in [0.2, 0.25) is 0 Å². The van der Waals surface area contributed by atoms with Crippen LogP contribution in [0.3, 0.4) is 0 Å². The van der Waals surface area contributed by atoms with Crippen LogP contribution in [0.5, 0.6) is 0 Å². The topological polar surface area (TPSA) is 127 Å². The number of furan rings is 1. The summed E-state index contributed by atoms with van der Waals surface area (Å²) in [6, 6.07) is 14.1. The second-order valence-electron chi connectivity index (χ2n) is 7.36. The van der Waals surface area contributed by atoms with Crippen LogP contribution in [-0.4, -0.2) is 55.5 Å². The average molecular weight is 414 g/mol. The van der Waals surface area contributed by atoms with E-state index in [0.717, 1.165) is 14.7 Å². The zero-order valence-electron chi connectivity index (χ0n) is 16.0. The Morgan fingerprint density at radius 3 is 2.57 bits per heavy atom. The third-order valence-electron chi connectivity index (χ3n) is 5.25. The molecule has 0 bridgehead atoms. The molecule has 3 heterocycles. The quantitative estimate of drug-likeness (QED) is 0.510. The van der Waals surface area contributed by atoms with E-state index in [0.29, 0.717) is 11.5 Å². The molecule has 0 amide bonds. The smallest absolute Gasteiger partial charge is 0.331 e. The summed E-state index contributed by atoms with van der Waals surface area (Å²) < 4.78 is 13.1. The molecule has 1 aliphatic heterocycles. The first-order chi connectivity index (χ1) is 14.4. The fourth-order valence-electron chi connectivity index (χ4n) is 3.56. The summed E-state index contributed by atoms with van der Waals surface area (Å²) >= 11 is 0. The van der Waals surface area contributed by atoms with Crippen molar-refractivity contribution in [1.82, 2.24) is 9.13 Å². The van der Waals surface area contributed by atoms with Crippen LogP contribution in [0, 0.1) is 0 Å². The van der Waals surface area contributed by atoms with Crippen LogP contribution in [0.25, 0.3) is 11.3 Å². The highest BCUT2D eigenvalue weighted by atomic mass is 16.5. The Balaban J connectivity index is 1.59. The molecule has 9 nitrogen and oxygen atoms in total. The van der Waals surface area contributed by atoms with Gasteiger partial charge in [-0.1, -0.05) is 30.3 Å². The molecule has 3 atom stereocenters. The number of nitrogens with zero attached hydrogens (tertiary/aromatic N) is 2. The molecule has 2 unspecified atom stereocenters. The van der Waals surface area contributed by atoms with E-state index >= 15 is 0 Å². The standard InChI is InChI=1S/C21H22N2O7/c24-11-17-19(26)21(28,13-29-17)12-22-9-8-18(25)23(20(22)27)10-15-6-7-16(30-15)14-4-2-1-3-5-14/h1-9,17,19,24,26,28H,10-13H2/t17-,19?,21?/m1/s1. The summed E-state index contributed by atoms with van der Waals surface area (Å²) in [5.74, 6) is 1.04. The Kier molecular flexibility index (Phi) is 5.44. The fraction of sp³-hybridized carbons (Fsp3) is 0.333. The molecule has 1 aromatic carbocycles. The van der Waals surface area contributed by atoms with E-state index in [4.69, 9.17) is 9.15 Å². The van der Waals surface area contributed by atoms with Crippen molar-refractivity contribution in [3.8, 4) is 11.3 Å². The maximum Gasteiger partial charge on any atom is 0.331 e. The molecule has 3 aromatic rings. The van der Waals surface area contributed by atoms with Gasteiger partial charge in [-0.3, -0.25) is 13.9 Å². The third kappa shape index (κ3) is 3.75. The summed E-state index contributed by atoms with van der Waals surface area (Å²) in [6.45, 7) is -1.08. The number of aromatic nitrogens is 2. The highest BCUT2D eigenvalue weighted by Crippen LogP contribution is 2.26. The molecule has 4 rings (SSSR count). The maximum atomic E-state index is 12.9. The summed E-state index contributed by atoms with van der Waals surface area (Å²) in [6.07, 6.45) is -1.04. The van der Waals surface area contributed by atoms with Crippen LogP contribution in [0.4, 0.5) is 0 Å². The van der Waals surface area contributed by atoms with Gasteiger partial charge in [0.25, 0.3) is 5.56 Å². The normalized spacial score (nSPS) is 23.7. The van der Waals surface area contributed by atoms with Gasteiger partial charge in [0.1, 0.15) is 29.3 Å².